The van der Waals surface area contributed by atoms with Crippen molar-refractivity contribution in [3.05, 3.63) is 72.1 Å². The van der Waals surface area contributed by atoms with E-state index in [9.17, 15) is 5.11 Å². The van der Waals surface area contributed by atoms with Crippen molar-refractivity contribution in [1.82, 2.24) is 20.2 Å². The van der Waals surface area contributed by atoms with Gasteiger partial charge in [0.25, 0.3) is 0 Å². The number of hydrogen-bond donors (Lipinski definition) is 3. The fraction of sp³-hybridized carbons (Fsp3) is 0.370. The quantitative estimate of drug-likeness (QED) is 0.389. The van der Waals surface area contributed by atoms with Crippen molar-refractivity contribution >= 4 is 21.8 Å². The Balaban J connectivity index is 1.18. The Labute approximate surface area is 194 Å². The Bertz CT molecular complexity index is 1200. The summed E-state index contributed by atoms with van der Waals surface area (Å²) in [5.41, 5.74) is 4.20. The Morgan fingerprint density at radius 2 is 1.97 bits per heavy atom. The van der Waals surface area contributed by atoms with E-state index in [1.165, 1.54) is 16.6 Å². The lowest BCUT2D eigenvalue weighted by Gasteiger charge is -2.35. The maximum atomic E-state index is 11.0. The largest absolute Gasteiger partial charge is 0.495 e. The number of para-hydroxylation sites is 1. The van der Waals surface area contributed by atoms with Crippen LogP contribution in [-0.2, 0) is 0 Å². The monoisotopic (exact) mass is 444 g/mol. The molecule has 0 radical (unpaired) electrons. The number of nitrogens with zero attached hydrogens (tertiary/aromatic N) is 2. The fourth-order valence-electron chi connectivity index (χ4n) is 4.95. The third-order valence-electron chi connectivity index (χ3n) is 6.85. The highest BCUT2D eigenvalue weighted by Gasteiger charge is 2.24. The molecule has 172 valence electrons. The van der Waals surface area contributed by atoms with Crippen molar-refractivity contribution in [3.8, 4) is 5.75 Å². The van der Waals surface area contributed by atoms with E-state index < -0.39 is 6.10 Å². The number of piperidine rings is 1. The molecule has 2 aromatic carbocycles. The maximum Gasteiger partial charge on any atom is 0.137 e. The summed E-state index contributed by atoms with van der Waals surface area (Å²) >= 11 is 0. The van der Waals surface area contributed by atoms with Gasteiger partial charge in [-0.3, -0.25) is 4.98 Å². The minimum absolute atomic E-state index is 0.276. The van der Waals surface area contributed by atoms with Crippen LogP contribution in [0.25, 0.3) is 21.8 Å². The summed E-state index contributed by atoms with van der Waals surface area (Å²) in [5.74, 6) is 0.707. The summed E-state index contributed by atoms with van der Waals surface area (Å²) in [6, 6.07) is 19.3. The van der Waals surface area contributed by atoms with Crippen molar-refractivity contribution in [3.63, 3.8) is 0 Å². The minimum atomic E-state index is -0.558. The maximum absolute atomic E-state index is 11.0. The minimum Gasteiger partial charge on any atom is -0.495 e. The van der Waals surface area contributed by atoms with E-state index in [1.807, 2.05) is 24.3 Å². The predicted octanol–water partition coefficient (Wildman–Crippen LogP) is 4.57. The Morgan fingerprint density at radius 3 is 2.76 bits per heavy atom. The molecule has 1 fully saturated rings. The Morgan fingerprint density at radius 1 is 1.15 bits per heavy atom. The first-order chi connectivity index (χ1) is 16.1. The van der Waals surface area contributed by atoms with Gasteiger partial charge in [-0.2, -0.15) is 0 Å². The number of ether oxygens (including phenoxy) is 1. The van der Waals surface area contributed by atoms with E-state index in [0.717, 1.165) is 42.4 Å². The van der Waals surface area contributed by atoms with Gasteiger partial charge in [0.05, 0.1) is 24.9 Å². The van der Waals surface area contributed by atoms with Gasteiger partial charge in [-0.15, -0.1) is 0 Å². The van der Waals surface area contributed by atoms with Crippen LogP contribution in [0.3, 0.4) is 0 Å². The smallest absolute Gasteiger partial charge is 0.137 e. The molecule has 2 aromatic heterocycles. The second kappa shape index (κ2) is 9.51. The van der Waals surface area contributed by atoms with E-state index in [2.05, 4.69) is 57.4 Å². The molecule has 0 saturated carbocycles. The van der Waals surface area contributed by atoms with Crippen LogP contribution in [0.15, 0.2) is 60.8 Å². The average Bonchev–Trinajstić information content (AvgIpc) is 3.29. The van der Waals surface area contributed by atoms with E-state index >= 15 is 0 Å². The predicted molar refractivity (Wildman–Crippen MR) is 133 cm³/mol. The van der Waals surface area contributed by atoms with Crippen LogP contribution >= 0.6 is 0 Å². The number of aliphatic hydroxyl groups excluding tert-OH is 1. The number of H-pyrrole nitrogens is 1. The van der Waals surface area contributed by atoms with Gasteiger partial charge < -0.3 is 25.0 Å². The summed E-state index contributed by atoms with van der Waals surface area (Å²) in [4.78, 5) is 10.4. The molecule has 3 N–H and O–H groups in total. The number of aromatic amines is 1. The van der Waals surface area contributed by atoms with Crippen molar-refractivity contribution in [2.45, 2.75) is 38.0 Å². The lowest BCUT2D eigenvalue weighted by molar-refractivity contribution is 0.0938. The van der Waals surface area contributed by atoms with Gasteiger partial charge in [-0.25, -0.2) is 0 Å². The number of pyridine rings is 1. The molecule has 5 rings (SSSR count). The number of aromatic nitrogens is 2. The van der Waals surface area contributed by atoms with Crippen LogP contribution < -0.4 is 10.1 Å². The van der Waals surface area contributed by atoms with Gasteiger partial charge in [0, 0.05) is 35.2 Å². The van der Waals surface area contributed by atoms with Crippen LogP contribution in [0.5, 0.6) is 5.75 Å². The van der Waals surface area contributed by atoms with E-state index in [1.54, 1.807) is 13.3 Å². The average molecular weight is 445 g/mol. The summed E-state index contributed by atoms with van der Waals surface area (Å²) in [6.45, 7) is 4.80. The summed E-state index contributed by atoms with van der Waals surface area (Å²) in [7, 11) is 1.64. The van der Waals surface area contributed by atoms with Crippen LogP contribution in [0, 0.1) is 0 Å². The normalized spacial score (nSPS) is 17.4. The topological polar surface area (TPSA) is 73.4 Å². The molecular weight excluding hydrogens is 412 g/mol. The number of likely N-dealkylation sites (tertiary alicyclic amines) is 1. The molecule has 0 spiro atoms. The fourth-order valence-corrected chi connectivity index (χ4v) is 4.95. The highest BCUT2D eigenvalue weighted by Crippen LogP contribution is 2.28. The van der Waals surface area contributed by atoms with Gasteiger partial charge in [-0.05, 0) is 68.1 Å². The van der Waals surface area contributed by atoms with E-state index in [0.29, 0.717) is 18.3 Å². The molecule has 2 atom stereocenters. The zero-order valence-electron chi connectivity index (χ0n) is 19.3. The second-order valence-corrected chi connectivity index (χ2v) is 9.08. The van der Waals surface area contributed by atoms with Crippen LogP contribution in [0.4, 0.5) is 0 Å². The zero-order chi connectivity index (χ0) is 22.8. The summed E-state index contributed by atoms with van der Waals surface area (Å²) in [6.07, 6.45) is 3.30. The molecule has 4 aromatic rings. The van der Waals surface area contributed by atoms with Gasteiger partial charge in [0.15, 0.2) is 0 Å². The Kier molecular flexibility index (Phi) is 6.31. The molecule has 0 amide bonds. The number of rotatable bonds is 7. The van der Waals surface area contributed by atoms with Gasteiger partial charge in [-0.1, -0.05) is 30.3 Å². The number of hydrogen-bond acceptors (Lipinski definition) is 5. The second-order valence-electron chi connectivity index (χ2n) is 9.08. The molecule has 1 aliphatic rings. The highest BCUT2D eigenvalue weighted by atomic mass is 16.5. The molecule has 6 nitrogen and oxygen atoms in total. The number of aliphatic hydroxyl groups is 1. The number of benzene rings is 2. The van der Waals surface area contributed by atoms with Crippen LogP contribution in [0.2, 0.25) is 0 Å². The lowest BCUT2D eigenvalue weighted by atomic mass is 10.00. The number of nitrogens with one attached hydrogen (secondary N) is 2. The third kappa shape index (κ3) is 4.74. The van der Waals surface area contributed by atoms with Gasteiger partial charge >= 0.3 is 0 Å². The van der Waals surface area contributed by atoms with Crippen LogP contribution in [0.1, 0.15) is 43.2 Å². The van der Waals surface area contributed by atoms with E-state index in [-0.39, 0.29) is 6.04 Å². The third-order valence-corrected chi connectivity index (χ3v) is 6.85. The summed E-state index contributed by atoms with van der Waals surface area (Å²) < 4.78 is 5.34. The van der Waals surface area contributed by atoms with Gasteiger partial charge in [0.2, 0.25) is 0 Å². The van der Waals surface area contributed by atoms with Crippen molar-refractivity contribution in [1.29, 1.82) is 0 Å². The number of methoxy groups -OCH3 is 1. The van der Waals surface area contributed by atoms with E-state index in [4.69, 9.17) is 4.74 Å². The SMILES string of the molecule is COc1cnc2cccc(C(O)CN3CCC(NC(C)c4cc5ccccc5[nH]4)CC3)c2c1. The number of β-amino-alcohol motifs (C(OH)–C–C–N with tert-alkyl or cyclic N) is 1. The number of fused-ring (bicyclic) bond motifs is 2. The molecule has 1 aliphatic heterocycles. The molecule has 0 bridgehead atoms. The first-order valence-corrected chi connectivity index (χ1v) is 11.8. The Hall–Kier alpha value is -2.93. The standard InChI is InChI=1S/C27H32N4O2/c1-18(26-14-19-6-3-4-8-24(19)30-26)29-20-10-12-31(13-11-20)17-27(32)22-7-5-9-25-23(22)15-21(33-2)16-28-25/h3-9,14-16,18,20,27,29-30,32H,10-13,17H2,1-2H3. The van der Waals surface area contributed by atoms with Crippen molar-refractivity contribution in [2.24, 2.45) is 0 Å². The lowest BCUT2D eigenvalue weighted by Crippen LogP contribution is -2.44. The van der Waals surface area contributed by atoms with Crippen molar-refractivity contribution < 1.29 is 9.84 Å². The molecule has 1 saturated heterocycles. The molecule has 33 heavy (non-hydrogen) atoms. The van der Waals surface area contributed by atoms with Gasteiger partial charge in [0.1, 0.15) is 5.75 Å². The molecule has 6 heteroatoms. The summed E-state index contributed by atoms with van der Waals surface area (Å²) in [5, 5.41) is 17.0. The molecule has 0 aliphatic carbocycles. The highest BCUT2D eigenvalue weighted by molar-refractivity contribution is 5.83. The van der Waals surface area contributed by atoms with Crippen LogP contribution in [-0.4, -0.2) is 52.8 Å². The first-order valence-electron chi connectivity index (χ1n) is 11.8. The zero-order valence-corrected chi connectivity index (χ0v) is 19.3. The molecular formula is C27H32N4O2. The molecule has 2 unspecified atom stereocenters. The van der Waals surface area contributed by atoms with Crippen molar-refractivity contribution in [2.75, 3.05) is 26.7 Å². The first kappa shape index (κ1) is 21.9. The molecule has 3 heterocycles.